The first-order valence-corrected chi connectivity index (χ1v) is 8.35. The molecular weight excluding hydrogens is 311 g/mol. The first-order chi connectivity index (χ1) is 11.7. The number of fused-ring (bicyclic) bond motifs is 1. The second-order valence-corrected chi connectivity index (χ2v) is 6.17. The van der Waals surface area contributed by atoms with Gasteiger partial charge in [-0.2, -0.15) is 0 Å². The average molecular weight is 334 g/mol. The molecule has 2 aliphatic rings. The van der Waals surface area contributed by atoms with E-state index in [0.29, 0.717) is 17.7 Å². The molecule has 6 heteroatoms. The molecule has 0 radical (unpaired) electrons. The predicted molar refractivity (Wildman–Crippen MR) is 88.8 cm³/mol. The van der Waals surface area contributed by atoms with Crippen molar-refractivity contribution in [1.29, 1.82) is 0 Å². The lowest BCUT2D eigenvalue weighted by molar-refractivity contribution is 0.0276. The molecule has 5 nitrogen and oxygen atoms in total. The van der Waals surface area contributed by atoms with Gasteiger partial charge in [-0.05, 0) is 43.0 Å². The summed E-state index contributed by atoms with van der Waals surface area (Å²) >= 11 is 0. The Morgan fingerprint density at radius 1 is 1.42 bits per heavy atom. The summed E-state index contributed by atoms with van der Waals surface area (Å²) in [5.74, 6) is 0.717. The van der Waals surface area contributed by atoms with Gasteiger partial charge in [-0.25, -0.2) is 4.39 Å². The number of ether oxygens (including phenoxy) is 2. The molecule has 1 fully saturated rings. The molecule has 1 aromatic carbocycles. The molecule has 2 heterocycles. The number of nitrogens with zero attached hydrogens (tertiary/aromatic N) is 1. The molecule has 1 amide bonds. The monoisotopic (exact) mass is 334 g/mol. The van der Waals surface area contributed by atoms with E-state index in [2.05, 4.69) is 0 Å². The van der Waals surface area contributed by atoms with Crippen LogP contribution in [0.5, 0.6) is 5.75 Å². The highest BCUT2D eigenvalue weighted by Gasteiger charge is 2.31. The minimum atomic E-state index is 0.0843. The van der Waals surface area contributed by atoms with Gasteiger partial charge in [0, 0.05) is 43.5 Å². The van der Waals surface area contributed by atoms with Crippen molar-refractivity contribution in [2.24, 2.45) is 5.73 Å². The van der Waals surface area contributed by atoms with E-state index in [4.69, 9.17) is 15.2 Å². The van der Waals surface area contributed by atoms with Gasteiger partial charge in [0.2, 0.25) is 0 Å². The Morgan fingerprint density at radius 3 is 2.92 bits per heavy atom. The minimum absolute atomic E-state index is 0.0843. The van der Waals surface area contributed by atoms with Crippen molar-refractivity contribution < 1.29 is 18.7 Å². The van der Waals surface area contributed by atoms with E-state index in [9.17, 15) is 9.18 Å². The van der Waals surface area contributed by atoms with Crippen molar-refractivity contribution in [3.05, 3.63) is 41.2 Å². The van der Waals surface area contributed by atoms with Crippen molar-refractivity contribution in [2.45, 2.75) is 25.3 Å². The van der Waals surface area contributed by atoms with Gasteiger partial charge in [-0.3, -0.25) is 4.79 Å². The molecule has 3 rings (SSSR count). The van der Waals surface area contributed by atoms with Crippen LogP contribution in [0.4, 0.5) is 4.39 Å². The first kappa shape index (κ1) is 16.9. The summed E-state index contributed by atoms with van der Waals surface area (Å²) in [5.41, 5.74) is 7.53. The molecule has 0 bridgehead atoms. The average Bonchev–Trinajstić information content (AvgIpc) is 2.63. The molecular formula is C18H23FN2O3. The Hall–Kier alpha value is -1.92. The first-order valence-electron chi connectivity index (χ1n) is 8.35. The highest BCUT2D eigenvalue weighted by Crippen LogP contribution is 2.27. The zero-order valence-electron chi connectivity index (χ0n) is 13.7. The van der Waals surface area contributed by atoms with E-state index in [0.717, 1.165) is 50.1 Å². The summed E-state index contributed by atoms with van der Waals surface area (Å²) in [6.07, 6.45) is 3.09. The molecule has 0 aromatic heterocycles. The van der Waals surface area contributed by atoms with Gasteiger partial charge in [-0.15, -0.1) is 0 Å². The van der Waals surface area contributed by atoms with Gasteiger partial charge in [0.15, 0.2) is 0 Å². The Morgan fingerprint density at radius 2 is 2.21 bits per heavy atom. The smallest absolute Gasteiger partial charge is 0.254 e. The second kappa shape index (κ2) is 7.77. The largest absolute Gasteiger partial charge is 0.489 e. The summed E-state index contributed by atoms with van der Waals surface area (Å²) in [7, 11) is 0. The van der Waals surface area contributed by atoms with Crippen LogP contribution >= 0.6 is 0 Å². The molecule has 0 atom stereocenters. The number of nitrogens with two attached hydrogens (primary N) is 1. The van der Waals surface area contributed by atoms with Crippen molar-refractivity contribution >= 4 is 5.91 Å². The molecule has 2 N–H and O–H groups in total. The van der Waals surface area contributed by atoms with Crippen LogP contribution in [-0.2, 0) is 11.2 Å². The number of carbonyl (C=O) groups excluding carboxylic acids is 1. The van der Waals surface area contributed by atoms with Gasteiger partial charge in [0.1, 0.15) is 12.4 Å². The fourth-order valence-electron chi connectivity index (χ4n) is 3.23. The zero-order valence-corrected chi connectivity index (χ0v) is 13.7. The van der Waals surface area contributed by atoms with E-state index < -0.39 is 0 Å². The van der Waals surface area contributed by atoms with Gasteiger partial charge >= 0.3 is 0 Å². The summed E-state index contributed by atoms with van der Waals surface area (Å²) in [6.45, 7) is 2.41. The SMILES string of the molecule is NC/C(=C\F)COc1ccc2c(c1)CCN(C1CCOCC1)C2=O. The van der Waals surface area contributed by atoms with E-state index in [-0.39, 0.29) is 25.1 Å². The normalized spacial score (nSPS) is 19.3. The van der Waals surface area contributed by atoms with E-state index >= 15 is 0 Å². The van der Waals surface area contributed by atoms with Crippen molar-refractivity contribution in [1.82, 2.24) is 4.90 Å². The highest BCUT2D eigenvalue weighted by atomic mass is 19.1. The lowest BCUT2D eigenvalue weighted by Gasteiger charge is -2.37. The number of halogens is 1. The van der Waals surface area contributed by atoms with Gasteiger partial charge in [0.05, 0.1) is 6.33 Å². The summed E-state index contributed by atoms with van der Waals surface area (Å²) < 4.78 is 23.5. The zero-order chi connectivity index (χ0) is 16.9. The van der Waals surface area contributed by atoms with E-state index in [1.807, 2.05) is 11.0 Å². The van der Waals surface area contributed by atoms with Crippen molar-refractivity contribution in [3.8, 4) is 5.75 Å². The standard InChI is InChI=1S/C18H23FN2O3/c19-10-13(11-20)12-24-16-1-2-17-14(9-16)3-6-21(18(17)22)15-4-7-23-8-5-15/h1-2,9-10,15H,3-8,11-12,20H2/b13-10+. The number of hydrogen-bond acceptors (Lipinski definition) is 4. The van der Waals surface area contributed by atoms with Crippen LogP contribution in [0.1, 0.15) is 28.8 Å². The maximum absolute atomic E-state index is 12.8. The predicted octanol–water partition coefficient (Wildman–Crippen LogP) is 2.05. The molecule has 0 spiro atoms. The van der Waals surface area contributed by atoms with Crippen molar-refractivity contribution in [3.63, 3.8) is 0 Å². The number of amides is 1. The third-order valence-electron chi connectivity index (χ3n) is 4.66. The number of carbonyl (C=O) groups is 1. The maximum Gasteiger partial charge on any atom is 0.254 e. The molecule has 2 aliphatic heterocycles. The molecule has 0 unspecified atom stereocenters. The molecule has 130 valence electrons. The second-order valence-electron chi connectivity index (χ2n) is 6.17. The van der Waals surface area contributed by atoms with Gasteiger partial charge in [0.25, 0.3) is 5.91 Å². The lowest BCUT2D eigenvalue weighted by atomic mass is 9.95. The van der Waals surface area contributed by atoms with Crippen molar-refractivity contribution in [2.75, 3.05) is 32.9 Å². The number of benzene rings is 1. The Kier molecular flexibility index (Phi) is 5.48. The topological polar surface area (TPSA) is 64.8 Å². The van der Waals surface area contributed by atoms with E-state index in [1.54, 1.807) is 12.1 Å². The molecule has 24 heavy (non-hydrogen) atoms. The third-order valence-corrected chi connectivity index (χ3v) is 4.66. The molecule has 1 saturated heterocycles. The van der Waals surface area contributed by atoms with Crippen LogP contribution in [-0.4, -0.2) is 49.8 Å². The summed E-state index contributed by atoms with van der Waals surface area (Å²) in [5, 5.41) is 0. The van der Waals surface area contributed by atoms with Crippen LogP contribution in [0.15, 0.2) is 30.1 Å². The highest BCUT2D eigenvalue weighted by molar-refractivity contribution is 5.97. The number of hydrogen-bond donors (Lipinski definition) is 1. The van der Waals surface area contributed by atoms with E-state index in [1.165, 1.54) is 0 Å². The Balaban J connectivity index is 1.69. The summed E-state index contributed by atoms with van der Waals surface area (Å²) in [4.78, 5) is 14.7. The quantitative estimate of drug-likeness (QED) is 0.895. The lowest BCUT2D eigenvalue weighted by Crippen LogP contribution is -2.47. The fraction of sp³-hybridized carbons (Fsp3) is 0.500. The fourth-order valence-corrected chi connectivity index (χ4v) is 3.23. The van der Waals surface area contributed by atoms with Crippen LogP contribution in [0.2, 0.25) is 0 Å². The summed E-state index contributed by atoms with van der Waals surface area (Å²) in [6, 6.07) is 5.72. The molecule has 1 aromatic rings. The Bertz CT molecular complexity index is 627. The Labute approximate surface area is 141 Å². The van der Waals surface area contributed by atoms with Crippen LogP contribution < -0.4 is 10.5 Å². The van der Waals surface area contributed by atoms with Gasteiger partial charge < -0.3 is 20.1 Å². The molecule has 0 aliphatic carbocycles. The minimum Gasteiger partial charge on any atom is -0.489 e. The maximum atomic E-state index is 12.8. The third kappa shape index (κ3) is 3.60. The van der Waals surface area contributed by atoms with Crippen LogP contribution in [0.3, 0.4) is 0 Å². The van der Waals surface area contributed by atoms with Gasteiger partial charge in [-0.1, -0.05) is 0 Å². The molecule has 0 saturated carbocycles. The number of rotatable bonds is 5. The van der Waals surface area contributed by atoms with Crippen LogP contribution in [0.25, 0.3) is 0 Å². The van der Waals surface area contributed by atoms with Crippen LogP contribution in [0, 0.1) is 0 Å².